The van der Waals surface area contributed by atoms with Crippen molar-refractivity contribution in [1.29, 1.82) is 0 Å². The van der Waals surface area contributed by atoms with Crippen molar-refractivity contribution in [3.63, 3.8) is 0 Å². The van der Waals surface area contributed by atoms with E-state index in [1.807, 2.05) is 0 Å². The Bertz CT molecular complexity index is 410. The number of nitrogens with zero attached hydrogens (tertiary/aromatic N) is 1. The zero-order valence-corrected chi connectivity index (χ0v) is 10.8. The molecule has 0 saturated carbocycles. The summed E-state index contributed by atoms with van der Waals surface area (Å²) in [5.74, 6) is 0.516. The van der Waals surface area contributed by atoms with Crippen molar-refractivity contribution in [1.82, 2.24) is 0 Å². The Labute approximate surface area is 106 Å². The Morgan fingerprint density at radius 1 is 1.47 bits per heavy atom. The first-order chi connectivity index (χ1) is 8.10. The lowest BCUT2D eigenvalue weighted by atomic mass is 10.3. The summed E-state index contributed by atoms with van der Waals surface area (Å²) >= 11 is 3.23. The summed E-state index contributed by atoms with van der Waals surface area (Å²) in [6.07, 6.45) is 0.465. The van der Waals surface area contributed by atoms with Crippen molar-refractivity contribution in [2.24, 2.45) is 0 Å². The number of halogens is 1. The van der Waals surface area contributed by atoms with Crippen molar-refractivity contribution in [2.75, 3.05) is 20.3 Å². The molecule has 94 valence electrons. The molecule has 1 rings (SSSR count). The lowest BCUT2D eigenvalue weighted by Crippen LogP contribution is -2.02. The summed E-state index contributed by atoms with van der Waals surface area (Å²) in [6, 6.07) is 2.77. The number of nitro benzene ring substituents is 1. The van der Waals surface area contributed by atoms with Crippen LogP contribution in [0.2, 0.25) is 0 Å². The molecule has 0 bridgehead atoms. The maximum absolute atomic E-state index is 10.8. The second kappa shape index (κ2) is 6.41. The van der Waals surface area contributed by atoms with Gasteiger partial charge in [0.2, 0.25) is 0 Å². The molecule has 17 heavy (non-hydrogen) atoms. The summed E-state index contributed by atoms with van der Waals surface area (Å²) in [4.78, 5) is 10.3. The number of nitro groups is 1. The molecule has 0 aromatic heterocycles. The van der Waals surface area contributed by atoms with Gasteiger partial charge in [-0.25, -0.2) is 0 Å². The van der Waals surface area contributed by atoms with Crippen LogP contribution in [0.15, 0.2) is 16.6 Å². The van der Waals surface area contributed by atoms with E-state index in [0.717, 1.165) is 0 Å². The molecule has 0 radical (unpaired) electrons. The summed E-state index contributed by atoms with van der Waals surface area (Å²) < 4.78 is 10.8. The third-order valence-corrected chi connectivity index (χ3v) is 2.61. The van der Waals surface area contributed by atoms with Crippen LogP contribution < -0.4 is 9.47 Å². The molecule has 0 aliphatic rings. The van der Waals surface area contributed by atoms with Crippen LogP contribution in [0, 0.1) is 10.1 Å². The van der Waals surface area contributed by atoms with Crippen LogP contribution >= 0.6 is 15.9 Å². The molecule has 0 aliphatic carbocycles. The van der Waals surface area contributed by atoms with E-state index in [-0.39, 0.29) is 18.0 Å². The van der Waals surface area contributed by atoms with Gasteiger partial charge in [-0.1, -0.05) is 0 Å². The van der Waals surface area contributed by atoms with E-state index >= 15 is 0 Å². The fraction of sp³-hybridized carbons (Fsp3) is 0.400. The smallest absolute Gasteiger partial charge is 0.314 e. The average molecular weight is 306 g/mol. The molecular weight excluding hydrogens is 294 g/mol. The van der Waals surface area contributed by atoms with E-state index < -0.39 is 4.92 Å². The van der Waals surface area contributed by atoms with E-state index in [0.29, 0.717) is 23.2 Å². The maximum atomic E-state index is 10.8. The fourth-order valence-electron chi connectivity index (χ4n) is 1.19. The molecule has 0 saturated heterocycles. The van der Waals surface area contributed by atoms with Crippen LogP contribution in [-0.4, -0.2) is 30.4 Å². The number of hydrogen-bond acceptors (Lipinski definition) is 5. The average Bonchev–Trinajstić information content (AvgIpc) is 2.30. The van der Waals surface area contributed by atoms with Gasteiger partial charge in [0.25, 0.3) is 0 Å². The van der Waals surface area contributed by atoms with Gasteiger partial charge in [-0.15, -0.1) is 0 Å². The van der Waals surface area contributed by atoms with Gasteiger partial charge < -0.3 is 14.6 Å². The third kappa shape index (κ3) is 3.57. The Morgan fingerprint density at radius 3 is 2.71 bits per heavy atom. The van der Waals surface area contributed by atoms with Gasteiger partial charge in [-0.2, -0.15) is 0 Å². The van der Waals surface area contributed by atoms with E-state index in [1.165, 1.54) is 19.2 Å². The predicted octanol–water partition coefficient (Wildman–Crippen LogP) is 2.13. The zero-order chi connectivity index (χ0) is 12.8. The fourth-order valence-corrected chi connectivity index (χ4v) is 1.62. The number of methoxy groups -OCH3 is 1. The van der Waals surface area contributed by atoms with E-state index in [2.05, 4.69) is 15.9 Å². The minimum atomic E-state index is -0.538. The zero-order valence-electron chi connectivity index (χ0n) is 9.18. The van der Waals surface area contributed by atoms with Crippen molar-refractivity contribution in [2.45, 2.75) is 6.42 Å². The first-order valence-electron chi connectivity index (χ1n) is 4.85. The lowest BCUT2D eigenvalue weighted by Gasteiger charge is -2.09. The van der Waals surface area contributed by atoms with Crippen molar-refractivity contribution >= 4 is 21.6 Å². The second-order valence-corrected chi connectivity index (χ2v) is 3.99. The minimum Gasteiger partial charge on any atom is -0.492 e. The summed E-state index contributed by atoms with van der Waals surface area (Å²) in [5.41, 5.74) is -0.158. The molecule has 1 aromatic rings. The van der Waals surface area contributed by atoms with Gasteiger partial charge >= 0.3 is 5.69 Å². The first-order valence-corrected chi connectivity index (χ1v) is 5.65. The topological polar surface area (TPSA) is 81.8 Å². The second-order valence-electron chi connectivity index (χ2n) is 3.14. The Morgan fingerprint density at radius 2 is 2.18 bits per heavy atom. The lowest BCUT2D eigenvalue weighted by molar-refractivity contribution is -0.385. The minimum absolute atomic E-state index is 0.00979. The molecule has 0 atom stereocenters. The maximum Gasteiger partial charge on any atom is 0.314 e. The highest BCUT2D eigenvalue weighted by Gasteiger charge is 2.18. The van der Waals surface area contributed by atoms with Crippen LogP contribution in [0.25, 0.3) is 0 Å². The van der Waals surface area contributed by atoms with E-state index in [1.54, 1.807) is 0 Å². The van der Waals surface area contributed by atoms with Gasteiger partial charge in [-0.3, -0.25) is 10.1 Å². The monoisotopic (exact) mass is 305 g/mol. The Kier molecular flexibility index (Phi) is 5.17. The van der Waals surface area contributed by atoms with Crippen LogP contribution in [0.3, 0.4) is 0 Å². The molecule has 1 aromatic carbocycles. The van der Waals surface area contributed by atoms with Gasteiger partial charge in [-0.05, 0) is 15.9 Å². The van der Waals surface area contributed by atoms with Crippen LogP contribution in [0.1, 0.15) is 6.42 Å². The molecule has 0 fully saturated rings. The normalized spacial score (nSPS) is 10.1. The summed E-state index contributed by atoms with van der Waals surface area (Å²) in [6.45, 7) is 0.300. The van der Waals surface area contributed by atoms with E-state index in [9.17, 15) is 10.1 Å². The summed E-state index contributed by atoms with van der Waals surface area (Å²) in [5, 5.41) is 19.4. The molecule has 0 aliphatic heterocycles. The largest absolute Gasteiger partial charge is 0.492 e. The van der Waals surface area contributed by atoms with E-state index in [4.69, 9.17) is 14.6 Å². The first kappa shape index (κ1) is 13.7. The number of rotatable bonds is 6. The molecule has 1 N–H and O–H groups in total. The van der Waals surface area contributed by atoms with Crippen LogP contribution in [0.5, 0.6) is 11.5 Å². The predicted molar refractivity (Wildman–Crippen MR) is 64.5 cm³/mol. The molecule has 0 amide bonds. The molecule has 7 heteroatoms. The molecule has 6 nitrogen and oxygen atoms in total. The van der Waals surface area contributed by atoms with Crippen molar-refractivity contribution < 1.29 is 19.5 Å². The Hall–Kier alpha value is -1.34. The van der Waals surface area contributed by atoms with Crippen molar-refractivity contribution in [3.8, 4) is 11.5 Å². The Balaban J connectivity index is 2.98. The van der Waals surface area contributed by atoms with Gasteiger partial charge in [0, 0.05) is 19.1 Å². The van der Waals surface area contributed by atoms with Crippen LogP contribution in [-0.2, 0) is 0 Å². The van der Waals surface area contributed by atoms with Crippen LogP contribution in [0.4, 0.5) is 5.69 Å². The number of aliphatic hydroxyl groups excluding tert-OH is 1. The highest BCUT2D eigenvalue weighted by molar-refractivity contribution is 9.10. The molecular formula is C10H12BrNO5. The van der Waals surface area contributed by atoms with Crippen molar-refractivity contribution in [3.05, 3.63) is 26.7 Å². The number of aliphatic hydroxyl groups is 1. The number of ether oxygens (including phenoxy) is 2. The standard InChI is InChI=1S/C10H12BrNO5/c1-16-10-5-7(11)9(17-4-2-3-13)6-8(10)12(14)15/h5-6,13H,2-4H2,1H3. The van der Waals surface area contributed by atoms with Gasteiger partial charge in [0.1, 0.15) is 5.75 Å². The number of benzene rings is 1. The number of hydrogen-bond donors (Lipinski definition) is 1. The quantitative estimate of drug-likeness (QED) is 0.494. The molecule has 0 heterocycles. The van der Waals surface area contributed by atoms with Gasteiger partial charge in [0.05, 0.1) is 29.2 Å². The summed E-state index contributed by atoms with van der Waals surface area (Å²) in [7, 11) is 1.36. The van der Waals surface area contributed by atoms with Gasteiger partial charge in [0.15, 0.2) is 5.75 Å². The SMILES string of the molecule is COc1cc(Br)c(OCCCO)cc1[N+](=O)[O-]. The molecule has 0 unspecified atom stereocenters. The highest BCUT2D eigenvalue weighted by atomic mass is 79.9. The molecule has 0 spiro atoms. The highest BCUT2D eigenvalue weighted by Crippen LogP contribution is 2.37. The third-order valence-electron chi connectivity index (χ3n) is 1.99.